The van der Waals surface area contributed by atoms with E-state index in [4.69, 9.17) is 41.3 Å². The second kappa shape index (κ2) is 12.6. The fourth-order valence-corrected chi connectivity index (χ4v) is 7.99. The van der Waals surface area contributed by atoms with Crippen LogP contribution in [0.5, 0.6) is 0 Å². The summed E-state index contributed by atoms with van der Waals surface area (Å²) in [5, 5.41) is -2.88. The number of halogens is 2. The fourth-order valence-electron chi connectivity index (χ4n) is 2.66. The van der Waals surface area contributed by atoms with Gasteiger partial charge in [0.15, 0.2) is 10.9 Å². The van der Waals surface area contributed by atoms with Crippen LogP contribution in [0.25, 0.3) is 0 Å². The van der Waals surface area contributed by atoms with Gasteiger partial charge in [-0.2, -0.15) is 0 Å². The van der Waals surface area contributed by atoms with Crippen LogP contribution < -0.4 is 0 Å². The highest BCUT2D eigenvalue weighted by Crippen LogP contribution is 2.63. The first-order chi connectivity index (χ1) is 13.7. The first kappa shape index (κ1) is 26.8. The van der Waals surface area contributed by atoms with Gasteiger partial charge in [0.05, 0.1) is 31.8 Å². The Labute approximate surface area is 182 Å². The van der Waals surface area contributed by atoms with Crippen LogP contribution in [0.15, 0.2) is 30.3 Å². The minimum atomic E-state index is -4.07. The monoisotopic (exact) mass is 488 g/mol. The summed E-state index contributed by atoms with van der Waals surface area (Å²) in [6.07, 6.45) is 0. The van der Waals surface area contributed by atoms with Gasteiger partial charge in [-0.15, -0.1) is 23.2 Å². The molecule has 1 aromatic carbocycles. The van der Waals surface area contributed by atoms with Crippen LogP contribution in [0.2, 0.25) is 0 Å². The summed E-state index contributed by atoms with van der Waals surface area (Å²) < 4.78 is 47.9. The highest BCUT2D eigenvalue weighted by atomic mass is 35.5. The van der Waals surface area contributed by atoms with E-state index >= 15 is 0 Å². The number of carbonyl (C=O) groups is 1. The van der Waals surface area contributed by atoms with Gasteiger partial charge >= 0.3 is 15.2 Å². The SMILES string of the molecule is CCOP(=O)(OCC)C(Cl)C(Cl)C(C(=O)c1ccccc1)P(=O)(OCC)OCC. The average molecular weight is 489 g/mol. The molecule has 0 radical (unpaired) electrons. The van der Waals surface area contributed by atoms with Crippen molar-refractivity contribution in [3.63, 3.8) is 0 Å². The molecule has 0 aliphatic rings. The van der Waals surface area contributed by atoms with E-state index in [0.717, 1.165) is 0 Å². The molecular formula is C18H28Cl2O7P2. The van der Waals surface area contributed by atoms with Crippen LogP contribution in [0.1, 0.15) is 38.1 Å². The van der Waals surface area contributed by atoms with Crippen LogP contribution in [0.4, 0.5) is 0 Å². The van der Waals surface area contributed by atoms with Crippen molar-refractivity contribution < 1.29 is 32.0 Å². The second-order valence-electron chi connectivity index (χ2n) is 5.74. The van der Waals surface area contributed by atoms with Gasteiger partial charge in [-0.3, -0.25) is 13.9 Å². The number of Topliss-reactive ketones (excluding diaryl/α,β-unsaturated/α-hetero) is 1. The van der Waals surface area contributed by atoms with Crippen molar-refractivity contribution in [1.29, 1.82) is 0 Å². The van der Waals surface area contributed by atoms with Crippen molar-refractivity contribution in [2.75, 3.05) is 26.4 Å². The molecule has 0 saturated carbocycles. The van der Waals surface area contributed by atoms with Gasteiger partial charge < -0.3 is 18.1 Å². The zero-order valence-corrected chi connectivity index (χ0v) is 20.3. The Morgan fingerprint density at radius 3 is 1.66 bits per heavy atom. The maximum atomic E-state index is 13.5. The van der Waals surface area contributed by atoms with Gasteiger partial charge in [0.2, 0.25) is 0 Å². The minimum Gasteiger partial charge on any atom is -0.308 e. The smallest absolute Gasteiger partial charge is 0.308 e. The highest BCUT2D eigenvalue weighted by molar-refractivity contribution is 7.58. The molecule has 0 aliphatic heterocycles. The van der Waals surface area contributed by atoms with Crippen molar-refractivity contribution >= 4 is 44.2 Å². The van der Waals surface area contributed by atoms with Crippen molar-refractivity contribution in [3.05, 3.63) is 35.9 Å². The third kappa shape index (κ3) is 6.88. The van der Waals surface area contributed by atoms with Gasteiger partial charge in [-0.1, -0.05) is 30.3 Å². The molecule has 29 heavy (non-hydrogen) atoms. The lowest BCUT2D eigenvalue weighted by atomic mass is 10.1. The first-order valence-corrected chi connectivity index (χ1v) is 13.4. The second-order valence-corrected chi connectivity index (χ2v) is 11.3. The van der Waals surface area contributed by atoms with E-state index < -0.39 is 37.1 Å². The van der Waals surface area contributed by atoms with Gasteiger partial charge in [-0.05, 0) is 27.7 Å². The predicted octanol–water partition coefficient (Wildman–Crippen LogP) is 5.94. The number of alkyl halides is 2. The molecule has 1 rings (SSSR count). The number of hydrogen-bond donors (Lipinski definition) is 0. The van der Waals surface area contributed by atoms with Crippen molar-refractivity contribution in [2.45, 2.75) is 43.8 Å². The molecular weight excluding hydrogens is 461 g/mol. The van der Waals surface area contributed by atoms with E-state index in [9.17, 15) is 13.9 Å². The lowest BCUT2D eigenvalue weighted by molar-refractivity contribution is 0.0965. The average Bonchev–Trinajstić information content (AvgIpc) is 2.68. The Morgan fingerprint density at radius 2 is 1.24 bits per heavy atom. The summed E-state index contributed by atoms with van der Waals surface area (Å²) >= 11 is 12.9. The summed E-state index contributed by atoms with van der Waals surface area (Å²) in [5.41, 5.74) is -1.27. The maximum Gasteiger partial charge on any atom is 0.349 e. The quantitative estimate of drug-likeness (QED) is 0.182. The van der Waals surface area contributed by atoms with Gasteiger partial charge in [0, 0.05) is 5.56 Å². The van der Waals surface area contributed by atoms with Crippen LogP contribution in [0.3, 0.4) is 0 Å². The number of ketones is 1. The number of rotatable bonds is 14. The molecule has 166 valence electrons. The maximum absolute atomic E-state index is 13.5. The highest BCUT2D eigenvalue weighted by Gasteiger charge is 2.53. The van der Waals surface area contributed by atoms with Crippen molar-refractivity contribution in [3.8, 4) is 0 Å². The Hall–Kier alpha value is -0.230. The largest absolute Gasteiger partial charge is 0.349 e. The van der Waals surface area contributed by atoms with E-state index in [1.807, 2.05) is 0 Å². The topological polar surface area (TPSA) is 88.1 Å². The normalized spacial score (nSPS) is 15.7. The first-order valence-electron chi connectivity index (χ1n) is 9.35. The summed E-state index contributed by atoms with van der Waals surface area (Å²) in [7, 11) is -7.98. The number of hydrogen-bond acceptors (Lipinski definition) is 7. The Kier molecular flexibility index (Phi) is 11.6. The van der Waals surface area contributed by atoms with Crippen LogP contribution >= 0.6 is 38.4 Å². The van der Waals surface area contributed by atoms with Crippen LogP contribution in [-0.4, -0.2) is 48.4 Å². The molecule has 0 fully saturated rings. The molecule has 0 heterocycles. The molecule has 0 bridgehead atoms. The molecule has 0 N–H and O–H groups in total. The van der Waals surface area contributed by atoms with Crippen LogP contribution in [0, 0.1) is 0 Å². The van der Waals surface area contributed by atoms with E-state index in [-0.39, 0.29) is 32.0 Å². The third-order valence-corrected chi connectivity index (χ3v) is 10.4. The van der Waals surface area contributed by atoms with Gasteiger partial charge in [0.1, 0.15) is 5.66 Å². The van der Waals surface area contributed by atoms with Gasteiger partial charge in [0.25, 0.3) is 0 Å². The summed E-state index contributed by atoms with van der Waals surface area (Å²) in [4.78, 5) is 13.3. The Balaban J connectivity index is 3.47. The van der Waals surface area contributed by atoms with E-state index in [0.29, 0.717) is 0 Å². The molecule has 11 heteroatoms. The van der Waals surface area contributed by atoms with Crippen molar-refractivity contribution in [2.24, 2.45) is 0 Å². The van der Waals surface area contributed by atoms with E-state index in [2.05, 4.69) is 0 Å². The van der Waals surface area contributed by atoms with Gasteiger partial charge in [-0.25, -0.2) is 0 Å². The Morgan fingerprint density at radius 1 is 0.828 bits per heavy atom. The van der Waals surface area contributed by atoms with Crippen LogP contribution in [-0.2, 0) is 27.2 Å². The van der Waals surface area contributed by atoms with Crippen molar-refractivity contribution in [1.82, 2.24) is 0 Å². The number of carbonyl (C=O) groups excluding carboxylic acids is 1. The summed E-state index contributed by atoms with van der Waals surface area (Å²) in [5.74, 6) is -0.596. The molecule has 1 aromatic rings. The third-order valence-electron chi connectivity index (χ3n) is 3.77. The van der Waals surface area contributed by atoms with E-state index in [1.165, 1.54) is 0 Å². The standard InChI is InChI=1S/C18H28Cl2O7P2/c1-5-24-28(22,25-6-2)17(16(21)14-12-10-9-11-13-14)15(19)18(20)29(23,26-7-3)27-8-4/h9-13,15,17-18H,5-8H2,1-4H3. The predicted molar refractivity (Wildman–Crippen MR) is 116 cm³/mol. The zero-order chi connectivity index (χ0) is 22.1. The molecule has 0 spiro atoms. The molecule has 7 nitrogen and oxygen atoms in total. The minimum absolute atomic E-state index is 0.0149. The molecule has 0 aromatic heterocycles. The molecule has 0 saturated heterocycles. The zero-order valence-electron chi connectivity index (χ0n) is 17.0. The molecule has 0 amide bonds. The summed E-state index contributed by atoms with van der Waals surface area (Å²) in [6.45, 7) is 6.60. The lowest BCUT2D eigenvalue weighted by Gasteiger charge is -2.32. The lowest BCUT2D eigenvalue weighted by Crippen LogP contribution is -2.38. The summed E-state index contributed by atoms with van der Waals surface area (Å²) in [6, 6.07) is 8.15. The molecule has 0 aliphatic carbocycles. The Bertz CT molecular complexity index is 712. The van der Waals surface area contributed by atoms with E-state index in [1.54, 1.807) is 58.0 Å². The fraction of sp³-hybridized carbons (Fsp3) is 0.611. The molecule has 3 unspecified atom stereocenters. The number of benzene rings is 1. The molecule has 3 atom stereocenters.